The first kappa shape index (κ1) is 12.6. The molecule has 0 amide bonds. The summed E-state index contributed by atoms with van der Waals surface area (Å²) < 4.78 is 0. The van der Waals surface area contributed by atoms with Gasteiger partial charge in [0.25, 0.3) is 0 Å². The third-order valence-corrected chi connectivity index (χ3v) is 5.10. The summed E-state index contributed by atoms with van der Waals surface area (Å²) in [6, 6.07) is 0. The molecule has 1 atom stereocenters. The Morgan fingerprint density at radius 1 is 1.39 bits per heavy atom. The number of nitrogens with zero attached hydrogens (tertiary/aromatic N) is 2. The molecule has 4 heteroatoms. The number of thiazole rings is 1. The van der Waals surface area contributed by atoms with E-state index in [0.717, 1.165) is 18.4 Å². The fourth-order valence-electron chi connectivity index (χ4n) is 2.93. The van der Waals surface area contributed by atoms with Gasteiger partial charge in [0.1, 0.15) is 5.01 Å². The van der Waals surface area contributed by atoms with Crippen LogP contribution in [0.15, 0.2) is 0 Å². The molecule has 1 aliphatic carbocycles. The van der Waals surface area contributed by atoms with E-state index >= 15 is 0 Å². The molecule has 0 aromatic carbocycles. The van der Waals surface area contributed by atoms with Crippen LogP contribution in [0.2, 0.25) is 0 Å². The van der Waals surface area contributed by atoms with Crippen molar-refractivity contribution in [2.24, 2.45) is 11.7 Å². The van der Waals surface area contributed by atoms with Crippen LogP contribution in [0.1, 0.15) is 54.1 Å². The first-order valence-corrected chi connectivity index (χ1v) is 7.99. The number of hydrogen-bond acceptors (Lipinski definition) is 4. The van der Waals surface area contributed by atoms with Crippen molar-refractivity contribution in [1.82, 2.24) is 9.88 Å². The van der Waals surface area contributed by atoms with Crippen molar-refractivity contribution < 1.29 is 0 Å². The molecule has 1 saturated heterocycles. The normalized spacial score (nSPS) is 25.6. The van der Waals surface area contributed by atoms with Gasteiger partial charge in [0.2, 0.25) is 0 Å². The van der Waals surface area contributed by atoms with Crippen LogP contribution in [0.25, 0.3) is 0 Å². The van der Waals surface area contributed by atoms with Crippen LogP contribution in [0.3, 0.4) is 0 Å². The van der Waals surface area contributed by atoms with Crippen LogP contribution in [-0.4, -0.2) is 23.0 Å². The molecule has 0 spiro atoms. The maximum Gasteiger partial charge on any atom is 0.107 e. The van der Waals surface area contributed by atoms with Gasteiger partial charge in [-0.15, -0.1) is 11.3 Å². The zero-order valence-electron chi connectivity index (χ0n) is 11.2. The molecular formula is C14H23N3S. The lowest BCUT2D eigenvalue weighted by molar-refractivity contribution is 0.176. The minimum atomic E-state index is 0.667. The van der Waals surface area contributed by atoms with Crippen LogP contribution >= 0.6 is 11.3 Å². The van der Waals surface area contributed by atoms with Crippen molar-refractivity contribution in [3.05, 3.63) is 15.6 Å². The number of hydrogen-bond donors (Lipinski definition) is 1. The highest BCUT2D eigenvalue weighted by atomic mass is 32.1. The van der Waals surface area contributed by atoms with E-state index in [9.17, 15) is 0 Å². The first-order valence-electron chi connectivity index (χ1n) is 7.17. The summed E-state index contributed by atoms with van der Waals surface area (Å²) in [5, 5.41) is 1.28. The second-order valence-corrected chi connectivity index (χ2v) is 7.05. The summed E-state index contributed by atoms with van der Waals surface area (Å²) in [6.45, 7) is 6.53. The second-order valence-electron chi connectivity index (χ2n) is 5.88. The third kappa shape index (κ3) is 2.76. The first-order chi connectivity index (χ1) is 8.76. The van der Waals surface area contributed by atoms with Gasteiger partial charge in [-0.2, -0.15) is 0 Å². The van der Waals surface area contributed by atoms with E-state index in [1.807, 2.05) is 11.3 Å². The fourth-order valence-corrected chi connectivity index (χ4v) is 4.00. The number of likely N-dealkylation sites (tertiary alicyclic amines) is 1. The smallest absolute Gasteiger partial charge is 0.107 e. The van der Waals surface area contributed by atoms with Gasteiger partial charge >= 0.3 is 0 Å². The molecule has 3 nitrogen and oxygen atoms in total. The maximum atomic E-state index is 5.84. The molecule has 1 saturated carbocycles. The van der Waals surface area contributed by atoms with Gasteiger partial charge < -0.3 is 5.73 Å². The predicted octanol–water partition coefficient (Wildman–Crippen LogP) is 2.71. The Morgan fingerprint density at radius 3 is 2.89 bits per heavy atom. The fraction of sp³-hybridized carbons (Fsp3) is 0.786. The largest absolute Gasteiger partial charge is 0.326 e. The third-order valence-electron chi connectivity index (χ3n) is 4.02. The lowest BCUT2D eigenvalue weighted by Gasteiger charge is -2.29. The monoisotopic (exact) mass is 265 g/mol. The summed E-state index contributed by atoms with van der Waals surface area (Å²) in [5.41, 5.74) is 7.16. The number of nitrogens with two attached hydrogens (primary N) is 1. The molecule has 0 radical (unpaired) electrons. The molecule has 1 unspecified atom stereocenters. The molecule has 3 rings (SSSR count). The Morgan fingerprint density at radius 2 is 2.22 bits per heavy atom. The molecule has 0 bridgehead atoms. The molecule has 100 valence electrons. The molecule has 2 heterocycles. The summed E-state index contributed by atoms with van der Waals surface area (Å²) in [4.78, 5) is 8.75. The van der Waals surface area contributed by atoms with E-state index in [1.54, 1.807) is 0 Å². The highest BCUT2D eigenvalue weighted by Crippen LogP contribution is 2.42. The molecular weight excluding hydrogens is 242 g/mol. The van der Waals surface area contributed by atoms with Crippen LogP contribution in [-0.2, 0) is 13.1 Å². The topological polar surface area (TPSA) is 42.2 Å². The lowest BCUT2D eigenvalue weighted by atomic mass is 10.0. The van der Waals surface area contributed by atoms with E-state index < -0.39 is 0 Å². The van der Waals surface area contributed by atoms with E-state index in [-0.39, 0.29) is 0 Å². The minimum Gasteiger partial charge on any atom is -0.326 e. The van der Waals surface area contributed by atoms with Crippen LogP contribution in [0.4, 0.5) is 0 Å². The zero-order chi connectivity index (χ0) is 12.5. The molecule has 2 fully saturated rings. The average Bonchev–Trinajstić information content (AvgIpc) is 3.11. The lowest BCUT2D eigenvalue weighted by Crippen LogP contribution is -2.33. The van der Waals surface area contributed by atoms with Crippen molar-refractivity contribution in [1.29, 1.82) is 0 Å². The molecule has 18 heavy (non-hydrogen) atoms. The number of rotatable bonds is 4. The summed E-state index contributed by atoms with van der Waals surface area (Å²) in [7, 11) is 0. The Kier molecular flexibility index (Phi) is 3.68. The van der Waals surface area contributed by atoms with Gasteiger partial charge in [0, 0.05) is 23.9 Å². The van der Waals surface area contributed by atoms with E-state index in [2.05, 4.69) is 11.8 Å². The van der Waals surface area contributed by atoms with Crippen LogP contribution < -0.4 is 5.73 Å². The van der Waals surface area contributed by atoms with Crippen molar-refractivity contribution in [3.63, 3.8) is 0 Å². The SMILES string of the molecule is CC1CCCN(Cc2nc(C3CC3)c(CN)s2)C1. The van der Waals surface area contributed by atoms with E-state index in [4.69, 9.17) is 10.7 Å². The van der Waals surface area contributed by atoms with Gasteiger partial charge in [-0.25, -0.2) is 4.98 Å². The highest BCUT2D eigenvalue weighted by Gasteiger charge is 2.29. The van der Waals surface area contributed by atoms with Crippen molar-refractivity contribution in [2.45, 2.75) is 51.6 Å². The zero-order valence-corrected chi connectivity index (χ0v) is 12.0. The quantitative estimate of drug-likeness (QED) is 0.910. The van der Waals surface area contributed by atoms with Crippen LogP contribution in [0.5, 0.6) is 0 Å². The van der Waals surface area contributed by atoms with Gasteiger partial charge in [-0.05, 0) is 38.1 Å². The molecule has 1 aromatic heterocycles. The molecule has 1 aliphatic heterocycles. The molecule has 2 aliphatic rings. The van der Waals surface area contributed by atoms with Gasteiger partial charge in [-0.1, -0.05) is 6.92 Å². The van der Waals surface area contributed by atoms with E-state index in [1.165, 1.54) is 54.4 Å². The van der Waals surface area contributed by atoms with Crippen molar-refractivity contribution >= 4 is 11.3 Å². The van der Waals surface area contributed by atoms with Crippen molar-refractivity contribution in [3.8, 4) is 0 Å². The number of piperidine rings is 1. The number of aromatic nitrogens is 1. The van der Waals surface area contributed by atoms with Gasteiger partial charge in [-0.3, -0.25) is 4.90 Å². The standard InChI is InChI=1S/C14H23N3S/c1-10-3-2-6-17(8-10)9-13-16-14(11-4-5-11)12(7-15)18-13/h10-11H,2-9,15H2,1H3. The van der Waals surface area contributed by atoms with Crippen molar-refractivity contribution in [2.75, 3.05) is 13.1 Å². The molecule has 1 aromatic rings. The Hall–Kier alpha value is -0.450. The second kappa shape index (κ2) is 5.27. The summed E-state index contributed by atoms with van der Waals surface area (Å²) in [6.07, 6.45) is 5.36. The molecule has 2 N–H and O–H groups in total. The van der Waals surface area contributed by atoms with E-state index in [0.29, 0.717) is 6.54 Å². The minimum absolute atomic E-state index is 0.667. The summed E-state index contributed by atoms with van der Waals surface area (Å²) >= 11 is 1.84. The predicted molar refractivity (Wildman–Crippen MR) is 75.7 cm³/mol. The van der Waals surface area contributed by atoms with Gasteiger partial charge in [0.15, 0.2) is 0 Å². The average molecular weight is 265 g/mol. The van der Waals surface area contributed by atoms with Gasteiger partial charge in [0.05, 0.1) is 12.2 Å². The van der Waals surface area contributed by atoms with Crippen LogP contribution in [0, 0.1) is 5.92 Å². The Bertz CT molecular complexity index is 411. The summed E-state index contributed by atoms with van der Waals surface area (Å²) in [5.74, 6) is 1.57. The Labute approximate surface area is 113 Å². The highest BCUT2D eigenvalue weighted by molar-refractivity contribution is 7.11. The Balaban J connectivity index is 1.68. The maximum absolute atomic E-state index is 5.84.